The van der Waals surface area contributed by atoms with Gasteiger partial charge in [0.1, 0.15) is 0 Å². The third-order valence-electron chi connectivity index (χ3n) is 2.99. The van der Waals surface area contributed by atoms with Gasteiger partial charge in [-0.1, -0.05) is 0 Å². The molecule has 1 unspecified atom stereocenters. The van der Waals surface area contributed by atoms with Crippen LogP contribution in [0.15, 0.2) is 24.7 Å². The van der Waals surface area contributed by atoms with Gasteiger partial charge < -0.3 is 10.1 Å². The number of aliphatic hydroxyl groups excluding tert-OH is 1. The summed E-state index contributed by atoms with van der Waals surface area (Å²) in [5.74, 6) is 0.824. The Labute approximate surface area is 87.6 Å². The van der Waals surface area contributed by atoms with Gasteiger partial charge in [-0.25, -0.2) is 4.98 Å². The molecule has 2 aromatic rings. The summed E-state index contributed by atoms with van der Waals surface area (Å²) in [6.07, 6.45) is 8.14. The van der Waals surface area contributed by atoms with Gasteiger partial charge in [0.25, 0.3) is 0 Å². The molecule has 2 aromatic heterocycles. The van der Waals surface area contributed by atoms with Crippen LogP contribution in [-0.2, 0) is 6.42 Å². The largest absolute Gasteiger partial charge is 0.388 e. The van der Waals surface area contributed by atoms with Crippen molar-refractivity contribution in [3.05, 3.63) is 35.9 Å². The van der Waals surface area contributed by atoms with Crippen LogP contribution < -0.4 is 0 Å². The first-order chi connectivity index (χ1) is 7.36. The number of hydrogen-bond acceptors (Lipinski definition) is 2. The number of aliphatic hydroxyl groups is 1. The van der Waals surface area contributed by atoms with Crippen molar-refractivity contribution in [3.8, 4) is 5.95 Å². The summed E-state index contributed by atoms with van der Waals surface area (Å²) in [6, 6.07) is 1.99. The number of H-pyrrole nitrogens is 1. The van der Waals surface area contributed by atoms with Gasteiger partial charge in [0, 0.05) is 29.8 Å². The molecule has 1 aliphatic rings. The van der Waals surface area contributed by atoms with Crippen LogP contribution in [0.5, 0.6) is 0 Å². The molecule has 0 aliphatic heterocycles. The van der Waals surface area contributed by atoms with Crippen molar-refractivity contribution in [2.24, 2.45) is 0 Å². The summed E-state index contributed by atoms with van der Waals surface area (Å²) in [4.78, 5) is 7.29. The lowest BCUT2D eigenvalue weighted by molar-refractivity contribution is 0.156. The average Bonchev–Trinajstić information content (AvgIpc) is 2.85. The van der Waals surface area contributed by atoms with E-state index in [1.165, 1.54) is 5.69 Å². The monoisotopic (exact) mass is 203 g/mol. The number of aromatic nitrogens is 3. The number of nitrogens with one attached hydrogen (secondary N) is 1. The van der Waals surface area contributed by atoms with Gasteiger partial charge in [-0.2, -0.15) is 0 Å². The highest BCUT2D eigenvalue weighted by molar-refractivity contribution is 5.32. The van der Waals surface area contributed by atoms with E-state index in [4.69, 9.17) is 0 Å². The average molecular weight is 203 g/mol. The molecular formula is C11H13N3O. The van der Waals surface area contributed by atoms with Gasteiger partial charge in [-0.3, -0.25) is 4.57 Å². The number of aromatic amines is 1. The number of imidazole rings is 1. The Kier molecular flexibility index (Phi) is 1.89. The Morgan fingerprint density at radius 2 is 2.47 bits per heavy atom. The summed E-state index contributed by atoms with van der Waals surface area (Å²) in [5, 5.41) is 9.83. The Morgan fingerprint density at radius 1 is 1.53 bits per heavy atom. The van der Waals surface area contributed by atoms with Gasteiger partial charge in [0.05, 0.1) is 6.10 Å². The van der Waals surface area contributed by atoms with Gasteiger partial charge in [0.15, 0.2) is 0 Å². The maximum atomic E-state index is 9.83. The Morgan fingerprint density at radius 3 is 3.27 bits per heavy atom. The highest BCUT2D eigenvalue weighted by Gasteiger charge is 2.21. The normalized spacial score (nSPS) is 20.2. The maximum absolute atomic E-state index is 9.83. The molecule has 0 amide bonds. The summed E-state index contributed by atoms with van der Waals surface area (Å²) < 4.78 is 2.03. The fourth-order valence-corrected chi connectivity index (χ4v) is 2.25. The summed E-state index contributed by atoms with van der Waals surface area (Å²) in [6.45, 7) is 0. The molecule has 1 atom stereocenters. The highest BCUT2D eigenvalue weighted by atomic mass is 16.3. The van der Waals surface area contributed by atoms with Crippen molar-refractivity contribution in [2.75, 3.05) is 0 Å². The van der Waals surface area contributed by atoms with Crippen LogP contribution in [0.4, 0.5) is 0 Å². The fourth-order valence-electron chi connectivity index (χ4n) is 2.25. The van der Waals surface area contributed by atoms with Crippen molar-refractivity contribution >= 4 is 0 Å². The Hall–Kier alpha value is -1.55. The van der Waals surface area contributed by atoms with E-state index >= 15 is 0 Å². The second-order valence-corrected chi connectivity index (χ2v) is 3.91. The number of fused-ring (bicyclic) bond motifs is 1. The molecule has 0 saturated carbocycles. The molecule has 0 spiro atoms. The maximum Gasteiger partial charge on any atom is 0.211 e. The van der Waals surface area contributed by atoms with Crippen molar-refractivity contribution in [1.29, 1.82) is 0 Å². The van der Waals surface area contributed by atoms with Gasteiger partial charge >= 0.3 is 0 Å². The zero-order valence-corrected chi connectivity index (χ0v) is 8.35. The third-order valence-corrected chi connectivity index (χ3v) is 2.99. The number of rotatable bonds is 1. The van der Waals surface area contributed by atoms with Crippen LogP contribution >= 0.6 is 0 Å². The van der Waals surface area contributed by atoms with Gasteiger partial charge in [0.2, 0.25) is 5.95 Å². The molecule has 78 valence electrons. The number of hydrogen-bond donors (Lipinski definition) is 2. The highest BCUT2D eigenvalue weighted by Crippen LogP contribution is 2.31. The van der Waals surface area contributed by atoms with E-state index in [1.54, 1.807) is 12.4 Å². The first kappa shape index (κ1) is 8.73. The Bertz CT molecular complexity index is 458. The van der Waals surface area contributed by atoms with Crippen LogP contribution in [0.3, 0.4) is 0 Å². The SMILES string of the molecule is OC1CCCc2c1ccn2-c1ncc[nH]1. The first-order valence-electron chi connectivity index (χ1n) is 5.24. The van der Waals surface area contributed by atoms with Crippen LogP contribution in [0.25, 0.3) is 5.95 Å². The molecule has 0 fully saturated rings. The molecule has 2 heterocycles. The zero-order chi connectivity index (χ0) is 10.3. The van der Waals surface area contributed by atoms with Crippen molar-refractivity contribution in [1.82, 2.24) is 14.5 Å². The second kappa shape index (κ2) is 3.24. The van der Waals surface area contributed by atoms with E-state index in [2.05, 4.69) is 9.97 Å². The standard InChI is InChI=1S/C11H13N3O/c15-10-3-1-2-9-8(10)4-7-14(9)11-12-5-6-13-11/h4-7,10,15H,1-3H2,(H,12,13). The van der Waals surface area contributed by atoms with E-state index in [1.807, 2.05) is 16.8 Å². The molecular weight excluding hydrogens is 190 g/mol. The van der Waals surface area contributed by atoms with Crippen LogP contribution in [-0.4, -0.2) is 19.6 Å². The van der Waals surface area contributed by atoms with Crippen molar-refractivity contribution < 1.29 is 5.11 Å². The lowest BCUT2D eigenvalue weighted by atomic mass is 9.95. The topological polar surface area (TPSA) is 53.8 Å². The molecule has 0 bridgehead atoms. The summed E-state index contributed by atoms with van der Waals surface area (Å²) >= 11 is 0. The lowest BCUT2D eigenvalue weighted by Gasteiger charge is -2.19. The van der Waals surface area contributed by atoms with Crippen LogP contribution in [0, 0.1) is 0 Å². The smallest absolute Gasteiger partial charge is 0.211 e. The molecule has 15 heavy (non-hydrogen) atoms. The van der Waals surface area contributed by atoms with E-state index in [9.17, 15) is 5.11 Å². The predicted octanol–water partition coefficient (Wildman–Crippen LogP) is 1.57. The van der Waals surface area contributed by atoms with E-state index in [0.717, 1.165) is 30.8 Å². The quantitative estimate of drug-likeness (QED) is 0.739. The Balaban J connectivity index is 2.11. The molecule has 0 saturated heterocycles. The minimum Gasteiger partial charge on any atom is -0.388 e. The van der Waals surface area contributed by atoms with Gasteiger partial charge in [-0.05, 0) is 25.3 Å². The van der Waals surface area contributed by atoms with E-state index in [0.29, 0.717) is 0 Å². The zero-order valence-electron chi connectivity index (χ0n) is 8.35. The van der Waals surface area contributed by atoms with Crippen LogP contribution in [0.1, 0.15) is 30.2 Å². The van der Waals surface area contributed by atoms with Gasteiger partial charge in [-0.15, -0.1) is 0 Å². The molecule has 1 aliphatic carbocycles. The molecule has 4 heteroatoms. The van der Waals surface area contributed by atoms with E-state index < -0.39 is 0 Å². The molecule has 2 N–H and O–H groups in total. The first-order valence-corrected chi connectivity index (χ1v) is 5.24. The van der Waals surface area contributed by atoms with Crippen LogP contribution in [0.2, 0.25) is 0 Å². The van der Waals surface area contributed by atoms with Crippen molar-refractivity contribution in [3.63, 3.8) is 0 Å². The molecule has 0 radical (unpaired) electrons. The molecule has 0 aromatic carbocycles. The molecule has 3 rings (SSSR count). The summed E-state index contributed by atoms with van der Waals surface area (Å²) in [5.41, 5.74) is 2.24. The molecule has 4 nitrogen and oxygen atoms in total. The lowest BCUT2D eigenvalue weighted by Crippen LogP contribution is -2.11. The van der Waals surface area contributed by atoms with E-state index in [-0.39, 0.29) is 6.10 Å². The second-order valence-electron chi connectivity index (χ2n) is 3.91. The number of nitrogens with zero attached hydrogens (tertiary/aromatic N) is 2. The minimum absolute atomic E-state index is 0.301. The van der Waals surface area contributed by atoms with Crippen molar-refractivity contribution in [2.45, 2.75) is 25.4 Å². The summed E-state index contributed by atoms with van der Waals surface area (Å²) in [7, 11) is 0. The fraction of sp³-hybridized carbons (Fsp3) is 0.364. The predicted molar refractivity (Wildman–Crippen MR) is 55.8 cm³/mol. The third kappa shape index (κ3) is 1.29. The minimum atomic E-state index is -0.301.